The van der Waals surface area contributed by atoms with Crippen molar-refractivity contribution in [1.29, 1.82) is 0 Å². The fourth-order valence-corrected chi connectivity index (χ4v) is 2.18. The zero-order chi connectivity index (χ0) is 10.6. The van der Waals surface area contributed by atoms with E-state index >= 15 is 0 Å². The van der Waals surface area contributed by atoms with Gasteiger partial charge in [-0.15, -0.1) is 0 Å². The van der Waals surface area contributed by atoms with E-state index in [1.807, 2.05) is 0 Å². The first kappa shape index (κ1) is 11.3. The van der Waals surface area contributed by atoms with Crippen molar-refractivity contribution in [2.75, 3.05) is 6.61 Å². The average Bonchev–Trinajstić information content (AvgIpc) is 2.60. The molecule has 0 aromatic heterocycles. The van der Waals surface area contributed by atoms with E-state index in [-0.39, 0.29) is 5.97 Å². The fraction of sp³-hybridized carbons (Fsp3) is 0.750. The van der Waals surface area contributed by atoms with Gasteiger partial charge in [0.15, 0.2) is 0 Å². The number of esters is 1. The predicted molar refractivity (Wildman–Crippen MR) is 56.9 cm³/mol. The number of carbonyl (C=O) groups excluding carboxylic acids is 1. The van der Waals surface area contributed by atoms with Gasteiger partial charge < -0.3 is 4.74 Å². The Labute approximate surface area is 86.3 Å². The minimum absolute atomic E-state index is 0.244. The lowest BCUT2D eigenvalue weighted by atomic mass is 9.94. The predicted octanol–water partition coefficient (Wildman–Crippen LogP) is 2.93. The van der Waals surface area contributed by atoms with Gasteiger partial charge in [0, 0.05) is 5.57 Å². The van der Waals surface area contributed by atoms with E-state index in [0.29, 0.717) is 18.1 Å². The molecule has 0 heterocycles. The third kappa shape index (κ3) is 2.86. The Balaban J connectivity index is 2.30. The number of rotatable bonds is 4. The van der Waals surface area contributed by atoms with Crippen LogP contribution in [-0.2, 0) is 9.53 Å². The Morgan fingerprint density at radius 1 is 1.43 bits per heavy atom. The van der Waals surface area contributed by atoms with Crippen LogP contribution in [0, 0.1) is 11.8 Å². The van der Waals surface area contributed by atoms with Crippen molar-refractivity contribution in [3.8, 4) is 0 Å². The minimum Gasteiger partial charge on any atom is -0.462 e. The van der Waals surface area contributed by atoms with Gasteiger partial charge in [0.1, 0.15) is 0 Å². The van der Waals surface area contributed by atoms with Gasteiger partial charge >= 0.3 is 5.97 Å². The van der Waals surface area contributed by atoms with Crippen LogP contribution in [0.2, 0.25) is 0 Å². The van der Waals surface area contributed by atoms with E-state index in [2.05, 4.69) is 13.5 Å². The molecule has 0 N–H and O–H groups in total. The number of carbonyl (C=O) groups is 1. The maximum absolute atomic E-state index is 11.2. The highest BCUT2D eigenvalue weighted by Crippen LogP contribution is 2.33. The molecular weight excluding hydrogens is 176 g/mol. The third-order valence-electron chi connectivity index (χ3n) is 3.12. The summed E-state index contributed by atoms with van der Waals surface area (Å²) in [7, 11) is 0. The Hall–Kier alpha value is -0.790. The molecule has 0 aliphatic heterocycles. The number of hydrogen-bond acceptors (Lipinski definition) is 2. The Bertz CT molecular complexity index is 220. The normalized spacial score (nSPS) is 26.1. The van der Waals surface area contributed by atoms with Crippen LogP contribution in [0.3, 0.4) is 0 Å². The quantitative estimate of drug-likeness (QED) is 0.510. The zero-order valence-electron chi connectivity index (χ0n) is 9.21. The molecule has 1 aliphatic carbocycles. The van der Waals surface area contributed by atoms with E-state index in [9.17, 15) is 4.79 Å². The van der Waals surface area contributed by atoms with Crippen LogP contribution >= 0.6 is 0 Å². The molecule has 1 aliphatic rings. The van der Waals surface area contributed by atoms with Crippen molar-refractivity contribution >= 4 is 5.97 Å². The van der Waals surface area contributed by atoms with Gasteiger partial charge in [-0.05, 0) is 25.2 Å². The van der Waals surface area contributed by atoms with Crippen LogP contribution in [0.25, 0.3) is 0 Å². The lowest BCUT2D eigenvalue weighted by Gasteiger charge is -2.17. The molecule has 0 aromatic carbocycles. The minimum atomic E-state index is -0.244. The van der Waals surface area contributed by atoms with E-state index in [0.717, 1.165) is 5.92 Å². The van der Waals surface area contributed by atoms with Crippen molar-refractivity contribution in [3.63, 3.8) is 0 Å². The average molecular weight is 196 g/mol. The molecule has 0 bridgehead atoms. The number of ether oxygens (including phenoxy) is 1. The van der Waals surface area contributed by atoms with Gasteiger partial charge in [-0.3, -0.25) is 0 Å². The van der Waals surface area contributed by atoms with Crippen molar-refractivity contribution in [1.82, 2.24) is 0 Å². The van der Waals surface area contributed by atoms with Crippen LogP contribution < -0.4 is 0 Å². The first-order valence-corrected chi connectivity index (χ1v) is 5.47. The summed E-state index contributed by atoms with van der Waals surface area (Å²) in [6, 6.07) is 0. The van der Waals surface area contributed by atoms with E-state index in [1.165, 1.54) is 25.7 Å². The summed E-state index contributed by atoms with van der Waals surface area (Å²) < 4.78 is 5.18. The Morgan fingerprint density at radius 3 is 2.64 bits per heavy atom. The molecule has 2 nitrogen and oxygen atoms in total. The molecule has 0 spiro atoms. The molecule has 2 heteroatoms. The van der Waals surface area contributed by atoms with Crippen LogP contribution in [-0.4, -0.2) is 12.6 Å². The lowest BCUT2D eigenvalue weighted by Crippen LogP contribution is -2.17. The van der Waals surface area contributed by atoms with Crippen molar-refractivity contribution in [3.05, 3.63) is 12.2 Å². The molecule has 0 aromatic rings. The lowest BCUT2D eigenvalue weighted by molar-refractivity contribution is -0.140. The van der Waals surface area contributed by atoms with E-state index in [1.54, 1.807) is 6.92 Å². The summed E-state index contributed by atoms with van der Waals surface area (Å²) in [5.74, 6) is 1.10. The molecule has 1 fully saturated rings. The maximum Gasteiger partial charge on any atom is 0.333 e. The smallest absolute Gasteiger partial charge is 0.333 e. The van der Waals surface area contributed by atoms with Crippen LogP contribution in [0.15, 0.2) is 12.2 Å². The highest BCUT2D eigenvalue weighted by molar-refractivity contribution is 5.86. The van der Waals surface area contributed by atoms with E-state index in [4.69, 9.17) is 4.74 Å². The van der Waals surface area contributed by atoms with Crippen molar-refractivity contribution in [2.24, 2.45) is 11.8 Å². The topological polar surface area (TPSA) is 26.3 Å². The zero-order valence-corrected chi connectivity index (χ0v) is 9.21. The van der Waals surface area contributed by atoms with E-state index < -0.39 is 0 Å². The Kier molecular flexibility index (Phi) is 4.18. The standard InChI is InChI=1S/C12H20O2/c1-4-10-6-5-7-11(10)8-14-12(13)9(2)3/h10-11H,2,4-8H2,1,3H3. The summed E-state index contributed by atoms with van der Waals surface area (Å²) in [5.41, 5.74) is 0.496. The number of hydrogen-bond donors (Lipinski definition) is 0. The van der Waals surface area contributed by atoms with Gasteiger partial charge in [0.2, 0.25) is 0 Å². The third-order valence-corrected chi connectivity index (χ3v) is 3.12. The SMILES string of the molecule is C=C(C)C(=O)OCC1CCCC1CC. The summed E-state index contributed by atoms with van der Waals surface area (Å²) >= 11 is 0. The highest BCUT2D eigenvalue weighted by Gasteiger charge is 2.26. The molecule has 0 saturated heterocycles. The first-order chi connectivity index (χ1) is 6.65. The monoisotopic (exact) mass is 196 g/mol. The second kappa shape index (κ2) is 5.18. The summed E-state index contributed by atoms with van der Waals surface area (Å²) in [6.07, 6.45) is 5.00. The molecule has 1 saturated carbocycles. The molecular formula is C12H20O2. The van der Waals surface area contributed by atoms with Gasteiger partial charge in [-0.2, -0.15) is 0 Å². The first-order valence-electron chi connectivity index (χ1n) is 5.47. The van der Waals surface area contributed by atoms with Gasteiger partial charge in [-0.25, -0.2) is 4.79 Å². The fourth-order valence-electron chi connectivity index (χ4n) is 2.18. The molecule has 14 heavy (non-hydrogen) atoms. The molecule has 0 radical (unpaired) electrons. The summed E-state index contributed by atoms with van der Waals surface area (Å²) in [4.78, 5) is 11.2. The van der Waals surface area contributed by atoms with Crippen molar-refractivity contribution < 1.29 is 9.53 Å². The second-order valence-corrected chi connectivity index (χ2v) is 4.24. The van der Waals surface area contributed by atoms with Crippen LogP contribution in [0.5, 0.6) is 0 Å². The largest absolute Gasteiger partial charge is 0.462 e. The van der Waals surface area contributed by atoms with Crippen LogP contribution in [0.4, 0.5) is 0 Å². The highest BCUT2D eigenvalue weighted by atomic mass is 16.5. The summed E-state index contributed by atoms with van der Waals surface area (Å²) in [6.45, 7) is 8.05. The molecule has 2 atom stereocenters. The molecule has 0 amide bonds. The molecule has 1 rings (SSSR count). The molecule has 80 valence electrons. The maximum atomic E-state index is 11.2. The van der Waals surface area contributed by atoms with Gasteiger partial charge in [0.05, 0.1) is 6.61 Å². The summed E-state index contributed by atoms with van der Waals surface area (Å²) in [5, 5.41) is 0. The van der Waals surface area contributed by atoms with Gasteiger partial charge in [-0.1, -0.05) is 32.8 Å². The second-order valence-electron chi connectivity index (χ2n) is 4.24. The molecule has 2 unspecified atom stereocenters. The Morgan fingerprint density at radius 2 is 2.07 bits per heavy atom. The van der Waals surface area contributed by atoms with Gasteiger partial charge in [0.25, 0.3) is 0 Å². The van der Waals surface area contributed by atoms with Crippen LogP contribution in [0.1, 0.15) is 39.5 Å². The van der Waals surface area contributed by atoms with Crippen molar-refractivity contribution in [2.45, 2.75) is 39.5 Å².